The number of para-hydroxylation sites is 1. The fraction of sp³-hybridized carbons (Fsp3) is 0.526. The standard InChI is InChI=1S/C19H23N3O3/c1-24-16-9-5-4-8-13(16)14-10-15(14)19-21-17(22-25-19)11-18(23)20-12-6-2-3-7-12/h4-5,8-9,12,14-15H,2-3,6-7,10-11H2,1H3,(H,20,23)/t14-,15-/m1/s1. The van der Waals surface area contributed by atoms with Crippen LogP contribution in [0.2, 0.25) is 0 Å². The molecule has 0 unspecified atom stereocenters. The zero-order valence-electron chi connectivity index (χ0n) is 14.4. The van der Waals surface area contributed by atoms with Crippen molar-refractivity contribution < 1.29 is 14.1 Å². The number of rotatable bonds is 6. The van der Waals surface area contributed by atoms with E-state index in [1.165, 1.54) is 18.4 Å². The van der Waals surface area contributed by atoms with E-state index in [1.54, 1.807) is 7.11 Å². The van der Waals surface area contributed by atoms with Crippen LogP contribution < -0.4 is 10.1 Å². The van der Waals surface area contributed by atoms with Crippen molar-refractivity contribution in [2.24, 2.45) is 0 Å². The number of hydrogen-bond donors (Lipinski definition) is 1. The van der Waals surface area contributed by atoms with Crippen molar-refractivity contribution in [2.45, 2.75) is 56.4 Å². The summed E-state index contributed by atoms with van der Waals surface area (Å²) in [5.41, 5.74) is 1.17. The van der Waals surface area contributed by atoms with E-state index in [2.05, 4.69) is 21.5 Å². The predicted molar refractivity (Wildman–Crippen MR) is 91.5 cm³/mol. The van der Waals surface area contributed by atoms with Crippen molar-refractivity contribution in [1.82, 2.24) is 15.5 Å². The van der Waals surface area contributed by atoms with E-state index in [4.69, 9.17) is 9.26 Å². The van der Waals surface area contributed by atoms with Crippen LogP contribution in [0.3, 0.4) is 0 Å². The zero-order valence-corrected chi connectivity index (χ0v) is 14.4. The van der Waals surface area contributed by atoms with E-state index in [0.29, 0.717) is 23.7 Å². The van der Waals surface area contributed by atoms with Gasteiger partial charge in [-0.1, -0.05) is 36.2 Å². The smallest absolute Gasteiger partial charge is 0.230 e. The minimum absolute atomic E-state index is 0.0173. The number of nitrogens with zero attached hydrogens (tertiary/aromatic N) is 2. The quantitative estimate of drug-likeness (QED) is 0.874. The molecule has 0 bridgehead atoms. The maximum absolute atomic E-state index is 12.1. The number of carbonyl (C=O) groups excluding carboxylic acids is 1. The van der Waals surface area contributed by atoms with Crippen LogP contribution in [0.4, 0.5) is 0 Å². The van der Waals surface area contributed by atoms with Gasteiger partial charge in [0.15, 0.2) is 5.82 Å². The lowest BCUT2D eigenvalue weighted by Gasteiger charge is -2.10. The lowest BCUT2D eigenvalue weighted by molar-refractivity contribution is -0.121. The van der Waals surface area contributed by atoms with Crippen molar-refractivity contribution in [3.63, 3.8) is 0 Å². The molecule has 0 radical (unpaired) electrons. The van der Waals surface area contributed by atoms with Gasteiger partial charge in [-0.05, 0) is 36.8 Å². The summed E-state index contributed by atoms with van der Waals surface area (Å²) >= 11 is 0. The highest BCUT2D eigenvalue weighted by Crippen LogP contribution is 2.56. The second kappa shape index (κ2) is 6.86. The molecule has 2 saturated carbocycles. The normalized spacial score (nSPS) is 22.8. The Morgan fingerprint density at radius 1 is 1.28 bits per heavy atom. The van der Waals surface area contributed by atoms with Gasteiger partial charge in [-0.3, -0.25) is 4.79 Å². The van der Waals surface area contributed by atoms with Crippen molar-refractivity contribution >= 4 is 5.91 Å². The summed E-state index contributed by atoms with van der Waals surface area (Å²) in [4.78, 5) is 16.5. The summed E-state index contributed by atoms with van der Waals surface area (Å²) < 4.78 is 10.8. The fourth-order valence-corrected chi connectivity index (χ4v) is 3.77. The van der Waals surface area contributed by atoms with E-state index < -0.39 is 0 Å². The Bertz CT molecular complexity index is 752. The molecule has 2 fully saturated rings. The van der Waals surface area contributed by atoms with E-state index in [-0.39, 0.29) is 18.2 Å². The Hall–Kier alpha value is -2.37. The van der Waals surface area contributed by atoms with E-state index in [0.717, 1.165) is 25.0 Å². The van der Waals surface area contributed by atoms with Crippen LogP contribution in [0, 0.1) is 0 Å². The molecule has 0 aliphatic heterocycles. The van der Waals surface area contributed by atoms with Crippen LogP contribution >= 0.6 is 0 Å². The molecule has 6 nitrogen and oxygen atoms in total. The molecule has 1 aromatic carbocycles. The number of ether oxygens (including phenoxy) is 1. The van der Waals surface area contributed by atoms with Gasteiger partial charge in [0.2, 0.25) is 11.8 Å². The first-order valence-electron chi connectivity index (χ1n) is 8.99. The van der Waals surface area contributed by atoms with Crippen LogP contribution in [0.1, 0.15) is 61.2 Å². The average Bonchev–Trinajstić information content (AvgIpc) is 3.00. The van der Waals surface area contributed by atoms with Gasteiger partial charge in [0.05, 0.1) is 13.5 Å². The molecule has 4 rings (SSSR count). The summed E-state index contributed by atoms with van der Waals surface area (Å²) in [6.07, 6.45) is 5.70. The van der Waals surface area contributed by atoms with Gasteiger partial charge in [-0.25, -0.2) is 0 Å². The molecular formula is C19H23N3O3. The van der Waals surface area contributed by atoms with Gasteiger partial charge in [-0.2, -0.15) is 4.98 Å². The first-order valence-corrected chi connectivity index (χ1v) is 8.99. The topological polar surface area (TPSA) is 77.2 Å². The Balaban J connectivity index is 1.36. The molecule has 1 N–H and O–H groups in total. The summed E-state index contributed by atoms with van der Waals surface area (Å²) in [5, 5.41) is 7.04. The van der Waals surface area contributed by atoms with E-state index in [9.17, 15) is 4.79 Å². The molecule has 0 spiro atoms. The lowest BCUT2D eigenvalue weighted by atomic mass is 10.1. The SMILES string of the molecule is COc1ccccc1[C@H]1C[C@H]1c1nc(CC(=O)NC2CCCC2)no1. The number of hydrogen-bond acceptors (Lipinski definition) is 5. The van der Waals surface area contributed by atoms with Gasteiger partial charge < -0.3 is 14.6 Å². The summed E-state index contributed by atoms with van der Waals surface area (Å²) in [7, 11) is 1.68. The molecular weight excluding hydrogens is 318 g/mol. The van der Waals surface area contributed by atoms with Gasteiger partial charge >= 0.3 is 0 Å². The van der Waals surface area contributed by atoms with Gasteiger partial charge in [0, 0.05) is 12.0 Å². The summed E-state index contributed by atoms with van der Waals surface area (Å²) in [6.45, 7) is 0. The van der Waals surface area contributed by atoms with Crippen LogP contribution in [-0.2, 0) is 11.2 Å². The van der Waals surface area contributed by atoms with Crippen molar-refractivity contribution in [3.8, 4) is 5.75 Å². The molecule has 25 heavy (non-hydrogen) atoms. The number of amides is 1. The lowest BCUT2D eigenvalue weighted by Crippen LogP contribution is -2.33. The first-order chi connectivity index (χ1) is 12.2. The second-order valence-corrected chi connectivity index (χ2v) is 6.97. The minimum Gasteiger partial charge on any atom is -0.496 e. The number of methoxy groups -OCH3 is 1. The molecule has 0 saturated heterocycles. The van der Waals surface area contributed by atoms with Crippen LogP contribution in [0.5, 0.6) is 5.75 Å². The number of aromatic nitrogens is 2. The third-order valence-electron chi connectivity index (χ3n) is 5.17. The highest BCUT2D eigenvalue weighted by atomic mass is 16.5. The minimum atomic E-state index is -0.0173. The third-order valence-corrected chi connectivity index (χ3v) is 5.17. The predicted octanol–water partition coefficient (Wildman–Crippen LogP) is 2.95. The molecule has 2 aromatic rings. The van der Waals surface area contributed by atoms with Gasteiger partial charge in [0.1, 0.15) is 5.75 Å². The molecule has 1 amide bonds. The second-order valence-electron chi connectivity index (χ2n) is 6.97. The third kappa shape index (κ3) is 3.52. The molecule has 2 aliphatic rings. The number of nitrogens with one attached hydrogen (secondary N) is 1. The molecule has 132 valence electrons. The highest BCUT2D eigenvalue weighted by Gasteiger charge is 2.45. The molecule has 1 heterocycles. The Labute approximate surface area is 147 Å². The van der Waals surface area contributed by atoms with E-state index >= 15 is 0 Å². The van der Waals surface area contributed by atoms with Crippen LogP contribution in [-0.4, -0.2) is 29.2 Å². The van der Waals surface area contributed by atoms with Gasteiger partial charge in [-0.15, -0.1) is 0 Å². The highest BCUT2D eigenvalue weighted by molar-refractivity contribution is 5.78. The maximum Gasteiger partial charge on any atom is 0.230 e. The summed E-state index contributed by atoms with van der Waals surface area (Å²) in [5.74, 6) is 2.53. The Morgan fingerprint density at radius 2 is 2.08 bits per heavy atom. The van der Waals surface area contributed by atoms with Crippen LogP contribution in [0.25, 0.3) is 0 Å². The molecule has 1 aromatic heterocycles. The maximum atomic E-state index is 12.1. The Kier molecular flexibility index (Phi) is 4.42. The monoisotopic (exact) mass is 341 g/mol. The van der Waals surface area contributed by atoms with Gasteiger partial charge in [0.25, 0.3) is 0 Å². The average molecular weight is 341 g/mol. The fourth-order valence-electron chi connectivity index (χ4n) is 3.77. The van der Waals surface area contributed by atoms with Crippen LogP contribution in [0.15, 0.2) is 28.8 Å². The largest absolute Gasteiger partial charge is 0.496 e. The first kappa shape index (κ1) is 16.1. The van der Waals surface area contributed by atoms with Crippen molar-refractivity contribution in [1.29, 1.82) is 0 Å². The molecule has 2 atom stereocenters. The number of carbonyl (C=O) groups is 1. The number of benzene rings is 1. The summed E-state index contributed by atoms with van der Waals surface area (Å²) in [6, 6.07) is 8.35. The van der Waals surface area contributed by atoms with Crippen molar-refractivity contribution in [2.75, 3.05) is 7.11 Å². The zero-order chi connectivity index (χ0) is 17.2. The Morgan fingerprint density at radius 3 is 2.88 bits per heavy atom. The molecule has 6 heteroatoms. The van der Waals surface area contributed by atoms with Crippen molar-refractivity contribution in [3.05, 3.63) is 41.5 Å². The molecule has 2 aliphatic carbocycles. The van der Waals surface area contributed by atoms with E-state index in [1.807, 2.05) is 18.2 Å².